The van der Waals surface area contributed by atoms with Crippen LogP contribution in [0.2, 0.25) is 0 Å². The molecule has 0 spiro atoms. The number of Topliss-reactive ketones (excluding diaryl/α,β-unsaturated/α-hetero) is 1. The molecule has 3 aromatic rings. The van der Waals surface area contributed by atoms with E-state index in [0.29, 0.717) is 5.69 Å². The quantitative estimate of drug-likeness (QED) is 0.371. The number of rotatable bonds is 3. The van der Waals surface area contributed by atoms with Gasteiger partial charge in [0.15, 0.2) is 0 Å². The first-order valence-corrected chi connectivity index (χ1v) is 11.0. The molecule has 4 nitrogen and oxygen atoms in total. The summed E-state index contributed by atoms with van der Waals surface area (Å²) in [5.41, 5.74) is 1.99. The molecular weight excluding hydrogens is 457 g/mol. The molecule has 0 radical (unpaired) electrons. The van der Waals surface area contributed by atoms with Crippen LogP contribution in [-0.2, 0) is 9.84 Å². The number of hydrogen-bond donors (Lipinski definition) is 0. The number of carbonyl (C=O) groups excluding carboxylic acids is 1. The summed E-state index contributed by atoms with van der Waals surface area (Å²) in [5.74, 6) is -1.18. The zero-order valence-corrected chi connectivity index (χ0v) is 17.7. The van der Waals surface area contributed by atoms with Crippen molar-refractivity contribution in [1.82, 2.24) is 0 Å². The number of nitrogens with zero attached hydrogens (tertiary/aromatic N) is 1. The standard InChI is InChI=1S/C22H15BrFNO3S/c1-14-2-4-15(5-3-14)22(26)21-13-25(18-9-6-16(23)7-10-18)19-12-17(24)8-11-20(19)29(21,27)28/h2-13H,1H3. The Balaban J connectivity index is 1.93. The van der Waals surface area contributed by atoms with Crippen molar-refractivity contribution in [2.75, 3.05) is 4.90 Å². The first-order chi connectivity index (χ1) is 13.8. The summed E-state index contributed by atoms with van der Waals surface area (Å²) in [6, 6.07) is 17.2. The predicted octanol–water partition coefficient (Wildman–Crippen LogP) is 5.55. The first-order valence-electron chi connectivity index (χ1n) is 8.70. The molecule has 3 aromatic carbocycles. The second-order valence-corrected chi connectivity index (χ2v) is 9.45. The summed E-state index contributed by atoms with van der Waals surface area (Å²) in [6.45, 7) is 1.88. The first kappa shape index (κ1) is 19.5. The summed E-state index contributed by atoms with van der Waals surface area (Å²) in [5, 5.41) is 0. The number of carbonyl (C=O) groups is 1. The minimum atomic E-state index is -4.11. The van der Waals surface area contributed by atoms with Crippen LogP contribution in [0.3, 0.4) is 0 Å². The molecule has 0 unspecified atom stereocenters. The number of sulfone groups is 1. The van der Waals surface area contributed by atoms with Gasteiger partial charge in [0.2, 0.25) is 15.6 Å². The highest BCUT2D eigenvalue weighted by atomic mass is 79.9. The van der Waals surface area contributed by atoms with E-state index >= 15 is 0 Å². The van der Waals surface area contributed by atoms with Gasteiger partial charge in [0.1, 0.15) is 10.7 Å². The molecule has 0 atom stereocenters. The van der Waals surface area contributed by atoms with E-state index in [2.05, 4.69) is 15.9 Å². The molecule has 7 heteroatoms. The average Bonchev–Trinajstić information content (AvgIpc) is 2.69. The highest BCUT2D eigenvalue weighted by molar-refractivity contribution is 9.10. The molecule has 0 saturated carbocycles. The van der Waals surface area contributed by atoms with Crippen molar-refractivity contribution in [3.8, 4) is 0 Å². The number of benzene rings is 3. The Labute approximate surface area is 176 Å². The summed E-state index contributed by atoms with van der Waals surface area (Å²) in [6.07, 6.45) is 1.27. The van der Waals surface area contributed by atoms with Crippen molar-refractivity contribution in [3.63, 3.8) is 0 Å². The minimum absolute atomic E-state index is 0.111. The molecule has 1 aliphatic rings. The van der Waals surface area contributed by atoms with Crippen LogP contribution in [-0.4, -0.2) is 14.2 Å². The maximum Gasteiger partial charge on any atom is 0.214 e. The van der Waals surface area contributed by atoms with Gasteiger partial charge in [0.25, 0.3) is 0 Å². The van der Waals surface area contributed by atoms with Crippen molar-refractivity contribution in [3.05, 3.63) is 99.3 Å². The molecule has 0 aliphatic carbocycles. The van der Waals surface area contributed by atoms with Gasteiger partial charge in [0, 0.05) is 21.9 Å². The van der Waals surface area contributed by atoms with Crippen LogP contribution in [0, 0.1) is 12.7 Å². The predicted molar refractivity (Wildman–Crippen MR) is 113 cm³/mol. The number of ketones is 1. The van der Waals surface area contributed by atoms with Crippen molar-refractivity contribution in [1.29, 1.82) is 0 Å². The number of allylic oxidation sites excluding steroid dienone is 1. The molecule has 146 valence electrons. The molecular formula is C22H15BrFNO3S. The zero-order valence-electron chi connectivity index (χ0n) is 15.3. The Hall–Kier alpha value is -2.77. The lowest BCUT2D eigenvalue weighted by Gasteiger charge is -2.29. The molecule has 0 fully saturated rings. The molecule has 0 saturated heterocycles. The number of anilines is 2. The van der Waals surface area contributed by atoms with Gasteiger partial charge in [-0.2, -0.15) is 0 Å². The van der Waals surface area contributed by atoms with Crippen molar-refractivity contribution in [2.45, 2.75) is 11.8 Å². The number of hydrogen-bond acceptors (Lipinski definition) is 4. The highest BCUT2D eigenvalue weighted by Gasteiger charge is 2.36. The maximum atomic E-state index is 13.9. The fourth-order valence-electron chi connectivity index (χ4n) is 3.12. The van der Waals surface area contributed by atoms with E-state index in [9.17, 15) is 17.6 Å². The summed E-state index contributed by atoms with van der Waals surface area (Å²) < 4.78 is 41.1. The van der Waals surface area contributed by atoms with Gasteiger partial charge in [-0.25, -0.2) is 12.8 Å². The average molecular weight is 472 g/mol. The lowest BCUT2D eigenvalue weighted by molar-refractivity contribution is 0.104. The van der Waals surface area contributed by atoms with E-state index in [0.717, 1.165) is 22.2 Å². The van der Waals surface area contributed by atoms with Gasteiger partial charge < -0.3 is 4.90 Å². The molecule has 0 N–H and O–H groups in total. The fraction of sp³-hybridized carbons (Fsp3) is 0.0455. The van der Waals surface area contributed by atoms with E-state index in [-0.39, 0.29) is 21.1 Å². The highest BCUT2D eigenvalue weighted by Crippen LogP contribution is 2.41. The molecule has 4 rings (SSSR count). The summed E-state index contributed by atoms with van der Waals surface area (Å²) in [7, 11) is -4.11. The normalized spacial score (nSPS) is 14.9. The molecule has 1 heterocycles. The second kappa shape index (κ2) is 7.24. The lowest BCUT2D eigenvalue weighted by Crippen LogP contribution is -2.26. The van der Waals surface area contributed by atoms with Gasteiger partial charge in [-0.1, -0.05) is 45.8 Å². The molecule has 0 amide bonds. The Morgan fingerprint density at radius 3 is 2.28 bits per heavy atom. The third kappa shape index (κ3) is 3.52. The molecule has 0 bridgehead atoms. The van der Waals surface area contributed by atoms with Crippen LogP contribution in [0.25, 0.3) is 0 Å². The Morgan fingerprint density at radius 1 is 0.966 bits per heavy atom. The number of halogens is 2. The lowest BCUT2D eigenvalue weighted by atomic mass is 10.1. The van der Waals surface area contributed by atoms with Crippen LogP contribution in [0.4, 0.5) is 15.8 Å². The second-order valence-electron chi connectivity index (χ2n) is 6.65. The van der Waals surface area contributed by atoms with Crippen LogP contribution in [0.5, 0.6) is 0 Å². The van der Waals surface area contributed by atoms with Crippen molar-refractivity contribution < 1.29 is 17.6 Å². The summed E-state index contributed by atoms with van der Waals surface area (Å²) >= 11 is 3.36. The van der Waals surface area contributed by atoms with E-state index in [4.69, 9.17) is 0 Å². The van der Waals surface area contributed by atoms with Crippen LogP contribution in [0.15, 0.2) is 87.2 Å². The van der Waals surface area contributed by atoms with E-state index in [1.54, 1.807) is 48.5 Å². The monoisotopic (exact) mass is 471 g/mol. The van der Waals surface area contributed by atoms with Crippen molar-refractivity contribution >= 4 is 42.9 Å². The van der Waals surface area contributed by atoms with Gasteiger partial charge in [-0.15, -0.1) is 0 Å². The van der Waals surface area contributed by atoms with Crippen molar-refractivity contribution in [2.24, 2.45) is 0 Å². The van der Waals surface area contributed by atoms with Crippen LogP contribution >= 0.6 is 15.9 Å². The van der Waals surface area contributed by atoms with Gasteiger partial charge in [0.05, 0.1) is 10.6 Å². The van der Waals surface area contributed by atoms with Gasteiger partial charge in [-0.3, -0.25) is 4.79 Å². The third-order valence-electron chi connectivity index (χ3n) is 4.65. The smallest absolute Gasteiger partial charge is 0.214 e. The Bertz CT molecular complexity index is 1250. The van der Waals surface area contributed by atoms with E-state index in [1.807, 2.05) is 6.92 Å². The van der Waals surface area contributed by atoms with Crippen LogP contribution in [0.1, 0.15) is 15.9 Å². The van der Waals surface area contributed by atoms with Gasteiger partial charge in [-0.05, 0) is 49.4 Å². The minimum Gasteiger partial charge on any atom is -0.314 e. The molecule has 1 aliphatic heterocycles. The Kier molecular flexibility index (Phi) is 4.88. The largest absolute Gasteiger partial charge is 0.314 e. The van der Waals surface area contributed by atoms with E-state index < -0.39 is 21.4 Å². The maximum absolute atomic E-state index is 13.9. The fourth-order valence-corrected chi connectivity index (χ4v) is 4.91. The number of aryl methyl sites for hydroxylation is 1. The molecule has 0 aromatic heterocycles. The topological polar surface area (TPSA) is 54.5 Å². The molecule has 29 heavy (non-hydrogen) atoms. The Morgan fingerprint density at radius 2 is 1.62 bits per heavy atom. The van der Waals surface area contributed by atoms with E-state index in [1.165, 1.54) is 17.2 Å². The number of fused-ring (bicyclic) bond motifs is 1. The summed E-state index contributed by atoms with van der Waals surface area (Å²) in [4.78, 5) is 14.1. The van der Waals surface area contributed by atoms with Gasteiger partial charge >= 0.3 is 0 Å². The SMILES string of the molecule is Cc1ccc(C(=O)C2=CN(c3ccc(Br)cc3)c3cc(F)ccc3S2(=O)=O)cc1. The van der Waals surface area contributed by atoms with Crippen LogP contribution < -0.4 is 4.90 Å². The third-order valence-corrected chi connectivity index (χ3v) is 6.97. The zero-order chi connectivity index (χ0) is 20.8.